The summed E-state index contributed by atoms with van der Waals surface area (Å²) in [6.45, 7) is 1.48. The number of H-pyrrole nitrogens is 1. The van der Waals surface area contributed by atoms with E-state index in [1.54, 1.807) is 0 Å². The van der Waals surface area contributed by atoms with Crippen molar-refractivity contribution in [1.29, 1.82) is 0 Å². The van der Waals surface area contributed by atoms with Gasteiger partial charge >= 0.3 is 0 Å². The molecule has 5 nitrogen and oxygen atoms in total. The van der Waals surface area contributed by atoms with Crippen LogP contribution in [0.4, 0.5) is 5.69 Å². The number of benzene rings is 2. The Kier molecular flexibility index (Phi) is 4.19. The molecule has 0 atom stereocenters. The lowest BCUT2D eigenvalue weighted by Crippen LogP contribution is -2.12. The molecule has 0 aliphatic heterocycles. The molecule has 2 N–H and O–H groups in total. The predicted octanol–water partition coefficient (Wildman–Crippen LogP) is 3.54. The Labute approximate surface area is 133 Å². The highest BCUT2D eigenvalue weighted by molar-refractivity contribution is 5.93. The predicted molar refractivity (Wildman–Crippen MR) is 90.1 cm³/mol. The molecule has 0 saturated heterocycles. The van der Waals surface area contributed by atoms with E-state index in [4.69, 9.17) is 0 Å². The summed E-state index contributed by atoms with van der Waals surface area (Å²) in [7, 11) is 0. The number of imidazole rings is 1. The molecular weight excluding hydrogens is 290 g/mol. The number of aromatic nitrogens is 2. The first-order chi connectivity index (χ1) is 11.1. The summed E-state index contributed by atoms with van der Waals surface area (Å²) in [5.41, 5.74) is 3.46. The van der Waals surface area contributed by atoms with Gasteiger partial charge in [0.05, 0.1) is 11.0 Å². The van der Waals surface area contributed by atoms with Gasteiger partial charge in [0.25, 0.3) is 0 Å². The third kappa shape index (κ3) is 3.63. The minimum absolute atomic E-state index is 0.0103. The number of hydrogen-bond donors (Lipinski definition) is 2. The zero-order valence-corrected chi connectivity index (χ0v) is 12.8. The molecule has 1 amide bonds. The number of carbonyl (C=O) groups is 2. The molecule has 0 saturated carbocycles. The van der Waals surface area contributed by atoms with Crippen molar-refractivity contribution in [2.24, 2.45) is 0 Å². The van der Waals surface area contributed by atoms with Crippen LogP contribution in [0.3, 0.4) is 0 Å². The van der Waals surface area contributed by atoms with Gasteiger partial charge in [-0.2, -0.15) is 0 Å². The van der Waals surface area contributed by atoms with E-state index < -0.39 is 0 Å². The summed E-state index contributed by atoms with van der Waals surface area (Å²) in [5, 5.41) is 2.81. The molecule has 0 fully saturated rings. The zero-order chi connectivity index (χ0) is 16.2. The number of nitrogens with one attached hydrogen (secondary N) is 2. The molecule has 0 spiro atoms. The zero-order valence-electron chi connectivity index (χ0n) is 12.8. The number of anilines is 1. The molecule has 0 bridgehead atoms. The van der Waals surface area contributed by atoms with Crippen LogP contribution < -0.4 is 5.32 Å². The van der Waals surface area contributed by atoms with Gasteiger partial charge in [-0.1, -0.05) is 24.3 Å². The second-order valence-corrected chi connectivity index (χ2v) is 5.43. The number of hydrogen-bond acceptors (Lipinski definition) is 3. The molecule has 3 rings (SSSR count). The minimum atomic E-state index is -0.165. The first kappa shape index (κ1) is 15.0. The van der Waals surface area contributed by atoms with Gasteiger partial charge < -0.3 is 15.1 Å². The van der Waals surface area contributed by atoms with Crippen molar-refractivity contribution in [2.75, 3.05) is 5.32 Å². The van der Waals surface area contributed by atoms with Crippen molar-refractivity contribution in [3.63, 3.8) is 0 Å². The van der Waals surface area contributed by atoms with E-state index in [-0.39, 0.29) is 24.5 Å². The highest BCUT2D eigenvalue weighted by Gasteiger charge is 2.08. The van der Waals surface area contributed by atoms with E-state index in [9.17, 15) is 9.59 Å². The van der Waals surface area contributed by atoms with E-state index >= 15 is 0 Å². The van der Waals surface area contributed by atoms with Crippen LogP contribution in [0, 0.1) is 0 Å². The molecule has 0 radical (unpaired) electrons. The van der Waals surface area contributed by atoms with Crippen molar-refractivity contribution < 1.29 is 9.59 Å². The number of para-hydroxylation sites is 2. The van der Waals surface area contributed by atoms with E-state index in [1.807, 2.05) is 48.5 Å². The fourth-order valence-electron chi connectivity index (χ4n) is 2.35. The van der Waals surface area contributed by atoms with Crippen LogP contribution in [-0.2, 0) is 9.59 Å². The van der Waals surface area contributed by atoms with Crippen LogP contribution >= 0.6 is 0 Å². The van der Waals surface area contributed by atoms with Crippen molar-refractivity contribution in [1.82, 2.24) is 9.97 Å². The standard InChI is InChI=1S/C18H17N3O2/c1-12(22)9-10-17(23)19-14-6-4-5-13(11-14)18-20-15-7-2-3-8-16(15)21-18/h2-8,11H,9-10H2,1H3,(H,19,23)(H,20,21). The van der Waals surface area contributed by atoms with Gasteiger partial charge in [-0.15, -0.1) is 0 Å². The fourth-order valence-corrected chi connectivity index (χ4v) is 2.35. The van der Waals surface area contributed by atoms with Crippen LogP contribution in [-0.4, -0.2) is 21.7 Å². The van der Waals surface area contributed by atoms with Gasteiger partial charge in [0.1, 0.15) is 11.6 Å². The van der Waals surface area contributed by atoms with Crippen LogP contribution in [0.5, 0.6) is 0 Å². The summed E-state index contributed by atoms with van der Waals surface area (Å²) in [4.78, 5) is 30.6. The number of carbonyl (C=O) groups excluding carboxylic acids is 2. The van der Waals surface area contributed by atoms with Crippen LogP contribution in [0.25, 0.3) is 22.4 Å². The molecule has 0 aliphatic rings. The van der Waals surface area contributed by atoms with Gasteiger partial charge in [-0.25, -0.2) is 4.98 Å². The number of amides is 1. The summed E-state index contributed by atoms with van der Waals surface area (Å²) < 4.78 is 0. The molecule has 23 heavy (non-hydrogen) atoms. The number of Topliss-reactive ketones (excluding diaryl/α,β-unsaturated/α-hetero) is 1. The second kappa shape index (κ2) is 6.44. The lowest BCUT2D eigenvalue weighted by atomic mass is 10.2. The van der Waals surface area contributed by atoms with Gasteiger partial charge in [-0.3, -0.25) is 4.79 Å². The van der Waals surface area contributed by atoms with Gasteiger partial charge in [0, 0.05) is 24.1 Å². The van der Waals surface area contributed by atoms with Crippen molar-refractivity contribution in [3.05, 3.63) is 48.5 Å². The van der Waals surface area contributed by atoms with E-state index in [0.29, 0.717) is 5.69 Å². The lowest BCUT2D eigenvalue weighted by Gasteiger charge is -2.06. The maximum absolute atomic E-state index is 11.8. The first-order valence-corrected chi connectivity index (χ1v) is 7.46. The lowest BCUT2D eigenvalue weighted by molar-refractivity contribution is -0.121. The molecule has 5 heteroatoms. The van der Waals surface area contributed by atoms with Gasteiger partial charge in [0.2, 0.25) is 5.91 Å². The molecule has 2 aromatic carbocycles. The minimum Gasteiger partial charge on any atom is -0.338 e. The number of fused-ring (bicyclic) bond motifs is 1. The topological polar surface area (TPSA) is 74.8 Å². The maximum Gasteiger partial charge on any atom is 0.224 e. The van der Waals surface area contributed by atoms with Crippen LogP contribution in [0.15, 0.2) is 48.5 Å². The molecule has 0 unspecified atom stereocenters. The third-order valence-corrected chi connectivity index (χ3v) is 3.51. The summed E-state index contributed by atoms with van der Waals surface area (Å²) >= 11 is 0. The average molecular weight is 307 g/mol. The van der Waals surface area contributed by atoms with E-state index in [1.165, 1.54) is 6.92 Å². The van der Waals surface area contributed by atoms with Gasteiger partial charge in [0.15, 0.2) is 0 Å². The first-order valence-electron chi connectivity index (χ1n) is 7.46. The summed E-state index contributed by atoms with van der Waals surface area (Å²) in [6, 6.07) is 15.3. The Morgan fingerprint density at radius 1 is 1.09 bits per heavy atom. The van der Waals surface area contributed by atoms with Crippen molar-refractivity contribution in [2.45, 2.75) is 19.8 Å². The smallest absolute Gasteiger partial charge is 0.224 e. The second-order valence-electron chi connectivity index (χ2n) is 5.43. The molecule has 116 valence electrons. The maximum atomic E-state index is 11.8. The monoisotopic (exact) mass is 307 g/mol. The Morgan fingerprint density at radius 2 is 1.91 bits per heavy atom. The molecule has 1 heterocycles. The molecule has 3 aromatic rings. The van der Waals surface area contributed by atoms with Crippen LogP contribution in [0.2, 0.25) is 0 Å². The van der Waals surface area contributed by atoms with Crippen molar-refractivity contribution in [3.8, 4) is 11.4 Å². The number of ketones is 1. The number of aromatic amines is 1. The van der Waals surface area contributed by atoms with Crippen molar-refractivity contribution >= 4 is 28.4 Å². The Balaban J connectivity index is 1.79. The molecular formula is C18H17N3O2. The van der Waals surface area contributed by atoms with E-state index in [0.717, 1.165) is 22.4 Å². The highest BCUT2D eigenvalue weighted by Crippen LogP contribution is 2.23. The number of nitrogens with zero attached hydrogens (tertiary/aromatic N) is 1. The van der Waals surface area contributed by atoms with E-state index in [2.05, 4.69) is 15.3 Å². The summed E-state index contributed by atoms with van der Waals surface area (Å²) in [5.74, 6) is 0.601. The van der Waals surface area contributed by atoms with Crippen LogP contribution in [0.1, 0.15) is 19.8 Å². The Bertz CT molecular complexity index is 834. The number of rotatable bonds is 5. The fraction of sp³-hybridized carbons (Fsp3) is 0.167. The average Bonchev–Trinajstić information content (AvgIpc) is 2.97. The van der Waals surface area contributed by atoms with Gasteiger partial charge in [-0.05, 0) is 31.2 Å². The summed E-state index contributed by atoms with van der Waals surface area (Å²) in [6.07, 6.45) is 0.458. The highest BCUT2D eigenvalue weighted by atomic mass is 16.2. The Hall–Kier alpha value is -2.95. The largest absolute Gasteiger partial charge is 0.338 e. The normalized spacial score (nSPS) is 10.7. The SMILES string of the molecule is CC(=O)CCC(=O)Nc1cccc(-c2nc3ccccc3[nH]2)c1. The third-order valence-electron chi connectivity index (χ3n) is 3.51. The quantitative estimate of drug-likeness (QED) is 0.757. The molecule has 0 aliphatic carbocycles. The Morgan fingerprint density at radius 3 is 2.70 bits per heavy atom. The molecule has 1 aromatic heterocycles.